The van der Waals surface area contributed by atoms with Gasteiger partial charge in [0, 0.05) is 34.6 Å². The van der Waals surface area contributed by atoms with E-state index in [1.54, 1.807) is 18.5 Å². The van der Waals surface area contributed by atoms with E-state index in [4.69, 9.17) is 9.84 Å². The molecular weight excluding hydrogens is 344 g/mol. The molecule has 0 aliphatic heterocycles. The average Bonchev–Trinajstić information content (AvgIpc) is 2.44. The number of halogens is 1. The van der Waals surface area contributed by atoms with Crippen LogP contribution in [0.25, 0.3) is 0 Å². The molecule has 0 amide bonds. The number of benzene rings is 1. The van der Waals surface area contributed by atoms with Crippen molar-refractivity contribution < 1.29 is 19.6 Å². The van der Waals surface area contributed by atoms with Crippen LogP contribution in [0.4, 0.5) is 5.69 Å². The second-order valence-corrected chi connectivity index (χ2v) is 4.96. The summed E-state index contributed by atoms with van der Waals surface area (Å²) < 4.78 is 6.22. The summed E-state index contributed by atoms with van der Waals surface area (Å²) in [5.41, 5.74) is -0.108. The minimum atomic E-state index is -1.38. The minimum absolute atomic E-state index is 0.170. The highest BCUT2D eigenvalue weighted by molar-refractivity contribution is 9.10. The van der Waals surface area contributed by atoms with Crippen LogP contribution in [0.1, 0.15) is 15.9 Å². The number of carboxylic acid groups (broad SMARTS) is 1. The molecule has 108 valence electrons. The maximum atomic E-state index is 11.0. The largest absolute Gasteiger partial charge is 0.489 e. The normalized spacial score (nSPS) is 10.1. The zero-order valence-corrected chi connectivity index (χ0v) is 12.1. The molecule has 1 N–H and O–H groups in total. The molecule has 0 bridgehead atoms. The van der Waals surface area contributed by atoms with Crippen molar-refractivity contribution >= 4 is 27.6 Å². The first-order valence-corrected chi connectivity index (χ1v) is 6.50. The molecule has 0 saturated heterocycles. The van der Waals surface area contributed by atoms with E-state index in [0.29, 0.717) is 0 Å². The van der Waals surface area contributed by atoms with Crippen LogP contribution in [0.15, 0.2) is 41.1 Å². The number of ether oxygens (including phenoxy) is 1. The molecule has 1 heterocycles. The summed E-state index contributed by atoms with van der Waals surface area (Å²) in [4.78, 5) is 25.0. The van der Waals surface area contributed by atoms with Gasteiger partial charge >= 0.3 is 5.97 Å². The van der Waals surface area contributed by atoms with Crippen molar-refractivity contribution in [3.63, 3.8) is 0 Å². The third-order valence-corrected chi connectivity index (χ3v) is 3.00. The van der Waals surface area contributed by atoms with Gasteiger partial charge in [-0.1, -0.05) is 0 Å². The number of nitro groups is 1. The minimum Gasteiger partial charge on any atom is -0.489 e. The Bertz CT molecular complexity index is 705. The fourth-order valence-corrected chi connectivity index (χ4v) is 2.05. The van der Waals surface area contributed by atoms with Gasteiger partial charge in [-0.3, -0.25) is 15.1 Å². The summed E-state index contributed by atoms with van der Waals surface area (Å²) >= 11 is 3.27. The molecule has 21 heavy (non-hydrogen) atoms. The zero-order valence-electron chi connectivity index (χ0n) is 10.5. The topological polar surface area (TPSA) is 103 Å². The van der Waals surface area contributed by atoms with E-state index in [1.807, 2.05) is 0 Å². The summed E-state index contributed by atoms with van der Waals surface area (Å²) in [6, 6.07) is 5.40. The molecule has 0 fully saturated rings. The van der Waals surface area contributed by atoms with Crippen molar-refractivity contribution in [1.29, 1.82) is 0 Å². The van der Waals surface area contributed by atoms with Gasteiger partial charge in [-0.2, -0.15) is 0 Å². The van der Waals surface area contributed by atoms with Crippen molar-refractivity contribution in [3.05, 3.63) is 62.4 Å². The Labute approximate surface area is 127 Å². The van der Waals surface area contributed by atoms with Crippen LogP contribution in [0.2, 0.25) is 0 Å². The molecule has 2 aromatic rings. The van der Waals surface area contributed by atoms with E-state index in [2.05, 4.69) is 20.9 Å². The van der Waals surface area contributed by atoms with E-state index in [9.17, 15) is 14.9 Å². The maximum Gasteiger partial charge on any atom is 0.342 e. The molecule has 0 aliphatic rings. The number of nitrogens with zero attached hydrogens (tertiary/aromatic N) is 2. The highest BCUT2D eigenvalue weighted by Gasteiger charge is 2.20. The molecule has 0 saturated carbocycles. The molecule has 7 nitrogen and oxygen atoms in total. The number of rotatable bonds is 5. The summed E-state index contributed by atoms with van der Waals surface area (Å²) in [5, 5.41) is 19.7. The molecule has 0 radical (unpaired) electrons. The van der Waals surface area contributed by atoms with Crippen molar-refractivity contribution in [2.45, 2.75) is 6.61 Å². The van der Waals surface area contributed by atoms with Gasteiger partial charge in [0.15, 0.2) is 0 Å². The average molecular weight is 353 g/mol. The predicted molar refractivity (Wildman–Crippen MR) is 76.3 cm³/mol. The molecule has 0 spiro atoms. The van der Waals surface area contributed by atoms with Crippen molar-refractivity contribution in [2.24, 2.45) is 0 Å². The van der Waals surface area contributed by atoms with E-state index in [1.165, 1.54) is 6.07 Å². The lowest BCUT2D eigenvalue weighted by atomic mass is 10.1. The van der Waals surface area contributed by atoms with Gasteiger partial charge in [0.05, 0.1) is 4.92 Å². The monoisotopic (exact) mass is 352 g/mol. The summed E-state index contributed by atoms with van der Waals surface area (Å²) in [6.07, 6.45) is 3.23. The molecular formula is C13H9BrN2O5. The Morgan fingerprint density at radius 3 is 2.76 bits per heavy atom. The first-order valence-electron chi connectivity index (χ1n) is 5.71. The van der Waals surface area contributed by atoms with E-state index < -0.39 is 22.1 Å². The van der Waals surface area contributed by atoms with Crippen molar-refractivity contribution in [1.82, 2.24) is 4.98 Å². The third-order valence-electron chi connectivity index (χ3n) is 2.56. The predicted octanol–water partition coefficient (Wildman–Crippen LogP) is 3.03. The summed E-state index contributed by atoms with van der Waals surface area (Å²) in [7, 11) is 0. The van der Waals surface area contributed by atoms with Crippen molar-refractivity contribution in [2.75, 3.05) is 0 Å². The van der Waals surface area contributed by atoms with Crippen molar-refractivity contribution in [3.8, 4) is 5.75 Å². The molecule has 1 aromatic carbocycles. The van der Waals surface area contributed by atoms with Crippen LogP contribution in [0.3, 0.4) is 0 Å². The Hall–Kier alpha value is -2.48. The van der Waals surface area contributed by atoms with Gasteiger partial charge in [-0.15, -0.1) is 0 Å². The molecule has 1 aromatic heterocycles. The second-order valence-electron chi connectivity index (χ2n) is 4.04. The van der Waals surface area contributed by atoms with E-state index in [0.717, 1.165) is 22.2 Å². The number of nitro benzene ring substituents is 1. The quantitative estimate of drug-likeness (QED) is 0.655. The standard InChI is InChI=1S/C13H9BrN2O5/c14-9-3-8(5-15-6-9)7-21-10-1-2-12(16(19)20)11(4-10)13(17)18/h1-6H,7H2,(H,17,18). The van der Waals surface area contributed by atoms with Gasteiger partial charge < -0.3 is 9.84 Å². The first-order chi connectivity index (χ1) is 9.97. The Morgan fingerprint density at radius 2 is 2.14 bits per heavy atom. The SMILES string of the molecule is O=C(O)c1cc(OCc2cncc(Br)c2)ccc1[N+](=O)[O-]. The van der Waals surface area contributed by atoms with Gasteiger partial charge in [-0.05, 0) is 28.1 Å². The van der Waals surface area contributed by atoms with Gasteiger partial charge in [0.1, 0.15) is 17.9 Å². The van der Waals surface area contributed by atoms with E-state index >= 15 is 0 Å². The Balaban J connectivity index is 2.19. The fourth-order valence-electron chi connectivity index (χ4n) is 1.64. The number of aromatic nitrogens is 1. The summed E-state index contributed by atoms with van der Waals surface area (Å²) in [6.45, 7) is 0.170. The Morgan fingerprint density at radius 1 is 1.38 bits per heavy atom. The zero-order chi connectivity index (χ0) is 15.4. The fraction of sp³-hybridized carbons (Fsp3) is 0.0769. The number of aromatic carboxylic acids is 1. The smallest absolute Gasteiger partial charge is 0.342 e. The van der Waals surface area contributed by atoms with Gasteiger partial charge in [0.25, 0.3) is 5.69 Å². The van der Waals surface area contributed by atoms with Crippen LogP contribution in [0, 0.1) is 10.1 Å². The van der Waals surface area contributed by atoms with Gasteiger partial charge in [0.2, 0.25) is 0 Å². The molecule has 8 heteroatoms. The van der Waals surface area contributed by atoms with Crippen LogP contribution < -0.4 is 4.74 Å². The maximum absolute atomic E-state index is 11.0. The lowest BCUT2D eigenvalue weighted by molar-refractivity contribution is -0.385. The number of hydrogen-bond acceptors (Lipinski definition) is 5. The first kappa shape index (κ1) is 14.9. The lowest BCUT2D eigenvalue weighted by Gasteiger charge is -2.07. The third kappa shape index (κ3) is 3.76. The molecule has 2 rings (SSSR count). The highest BCUT2D eigenvalue weighted by Crippen LogP contribution is 2.24. The lowest BCUT2D eigenvalue weighted by Crippen LogP contribution is -2.04. The molecule has 0 atom stereocenters. The van der Waals surface area contributed by atoms with Gasteiger partial charge in [-0.25, -0.2) is 4.79 Å². The van der Waals surface area contributed by atoms with Crippen LogP contribution >= 0.6 is 15.9 Å². The summed E-state index contributed by atoms with van der Waals surface area (Å²) in [5.74, 6) is -1.14. The van der Waals surface area contributed by atoms with Crippen LogP contribution in [-0.4, -0.2) is 21.0 Å². The number of hydrogen-bond donors (Lipinski definition) is 1. The Kier molecular flexibility index (Phi) is 4.49. The van der Waals surface area contributed by atoms with E-state index in [-0.39, 0.29) is 12.4 Å². The van der Waals surface area contributed by atoms with Crippen LogP contribution in [-0.2, 0) is 6.61 Å². The molecule has 0 unspecified atom stereocenters. The second kappa shape index (κ2) is 6.31. The molecule has 0 aliphatic carbocycles. The number of carbonyl (C=O) groups is 1. The number of carboxylic acids is 1. The van der Waals surface area contributed by atoms with Crippen LogP contribution in [0.5, 0.6) is 5.75 Å². The highest BCUT2D eigenvalue weighted by atomic mass is 79.9. The number of pyridine rings is 1.